The molecule has 0 spiro atoms. The van der Waals surface area contributed by atoms with E-state index >= 15 is 0 Å². The van der Waals surface area contributed by atoms with E-state index in [9.17, 15) is 0 Å². The van der Waals surface area contributed by atoms with E-state index in [1.807, 2.05) is 14.1 Å². The van der Waals surface area contributed by atoms with Gasteiger partial charge < -0.3 is 10.6 Å². The summed E-state index contributed by atoms with van der Waals surface area (Å²) < 4.78 is 0. The zero-order valence-corrected chi connectivity index (χ0v) is 8.38. The summed E-state index contributed by atoms with van der Waals surface area (Å²) >= 11 is 0. The van der Waals surface area contributed by atoms with Crippen molar-refractivity contribution in [1.29, 1.82) is 0 Å². The highest BCUT2D eigenvalue weighted by molar-refractivity contribution is 5.20. The molecule has 0 aliphatic rings. The number of benzene rings is 1. The third-order valence-electron chi connectivity index (χ3n) is 2.17. The summed E-state index contributed by atoms with van der Waals surface area (Å²) in [6, 6.07) is 10.6. The molecule has 0 heterocycles. The lowest BCUT2D eigenvalue weighted by Crippen LogP contribution is -2.26. The maximum absolute atomic E-state index is 3.21. The van der Waals surface area contributed by atoms with Gasteiger partial charge in [0.15, 0.2) is 0 Å². The Balaban J connectivity index is 2.64. The zero-order valence-electron chi connectivity index (χ0n) is 8.38. The topological polar surface area (TPSA) is 24.1 Å². The first kappa shape index (κ1) is 10.2. The largest absolute Gasteiger partial charge is 0.319 e. The minimum absolute atomic E-state index is 0.566. The van der Waals surface area contributed by atoms with Gasteiger partial charge in [-0.3, -0.25) is 0 Å². The van der Waals surface area contributed by atoms with Gasteiger partial charge in [0.2, 0.25) is 0 Å². The Hall–Kier alpha value is -0.860. The van der Waals surface area contributed by atoms with Crippen LogP contribution >= 0.6 is 0 Å². The van der Waals surface area contributed by atoms with Gasteiger partial charge in [0, 0.05) is 19.0 Å². The normalized spacial score (nSPS) is 10.7. The van der Waals surface area contributed by atoms with Crippen LogP contribution in [0.4, 0.5) is 0 Å². The van der Waals surface area contributed by atoms with Crippen molar-refractivity contribution in [3.8, 4) is 0 Å². The van der Waals surface area contributed by atoms with Crippen molar-refractivity contribution in [3.63, 3.8) is 0 Å². The van der Waals surface area contributed by atoms with Crippen LogP contribution in [0.15, 0.2) is 30.3 Å². The van der Waals surface area contributed by atoms with Gasteiger partial charge in [-0.1, -0.05) is 30.3 Å². The summed E-state index contributed by atoms with van der Waals surface area (Å²) in [6.07, 6.45) is 0. The van der Waals surface area contributed by atoms with Crippen molar-refractivity contribution >= 4 is 0 Å². The van der Waals surface area contributed by atoms with Crippen LogP contribution in [-0.4, -0.2) is 27.2 Å². The molecule has 0 aliphatic carbocycles. The van der Waals surface area contributed by atoms with Gasteiger partial charge in [-0.05, 0) is 19.7 Å². The Bertz CT molecular complexity index is 215. The number of likely N-dealkylation sites (N-methyl/N-ethyl adjacent to an activating group) is 2. The van der Waals surface area contributed by atoms with Crippen LogP contribution in [0.3, 0.4) is 0 Å². The van der Waals surface area contributed by atoms with E-state index in [2.05, 4.69) is 41.0 Å². The van der Waals surface area contributed by atoms with E-state index in [1.54, 1.807) is 0 Å². The minimum atomic E-state index is 0.566. The molecule has 0 fully saturated rings. The van der Waals surface area contributed by atoms with Crippen molar-refractivity contribution in [2.75, 3.05) is 27.2 Å². The van der Waals surface area contributed by atoms with Crippen LogP contribution < -0.4 is 10.6 Å². The molecule has 2 heteroatoms. The predicted octanol–water partition coefficient (Wildman–Crippen LogP) is 1.21. The molecule has 1 aromatic rings. The van der Waals surface area contributed by atoms with Gasteiger partial charge in [-0.2, -0.15) is 0 Å². The molecule has 0 saturated heterocycles. The fourth-order valence-corrected chi connectivity index (χ4v) is 1.53. The van der Waals surface area contributed by atoms with Gasteiger partial charge in [-0.25, -0.2) is 0 Å². The molecule has 1 rings (SSSR count). The number of rotatable bonds is 5. The van der Waals surface area contributed by atoms with Crippen LogP contribution in [0.2, 0.25) is 0 Å². The van der Waals surface area contributed by atoms with Crippen molar-refractivity contribution in [1.82, 2.24) is 10.6 Å². The molecule has 0 radical (unpaired) electrons. The Morgan fingerprint density at radius 1 is 1.00 bits per heavy atom. The molecule has 0 aliphatic heterocycles. The zero-order chi connectivity index (χ0) is 9.52. The van der Waals surface area contributed by atoms with E-state index < -0.39 is 0 Å². The van der Waals surface area contributed by atoms with Crippen LogP contribution in [-0.2, 0) is 0 Å². The molecule has 0 bridgehead atoms. The second-order valence-electron chi connectivity index (χ2n) is 3.22. The van der Waals surface area contributed by atoms with E-state index in [4.69, 9.17) is 0 Å². The quantitative estimate of drug-likeness (QED) is 0.708. The van der Waals surface area contributed by atoms with Crippen molar-refractivity contribution in [2.45, 2.75) is 5.92 Å². The highest BCUT2D eigenvalue weighted by Crippen LogP contribution is 2.12. The molecular formula is C11H18N2. The molecular weight excluding hydrogens is 160 g/mol. The molecule has 1 aromatic carbocycles. The average Bonchev–Trinajstić information content (AvgIpc) is 2.19. The monoisotopic (exact) mass is 178 g/mol. The third-order valence-corrected chi connectivity index (χ3v) is 2.17. The Labute approximate surface area is 80.4 Å². The van der Waals surface area contributed by atoms with Gasteiger partial charge in [0.1, 0.15) is 0 Å². The Morgan fingerprint density at radius 2 is 1.54 bits per heavy atom. The lowest BCUT2D eigenvalue weighted by Gasteiger charge is -2.16. The summed E-state index contributed by atoms with van der Waals surface area (Å²) in [4.78, 5) is 0. The maximum Gasteiger partial charge on any atom is 0.00883 e. The van der Waals surface area contributed by atoms with Gasteiger partial charge >= 0.3 is 0 Å². The van der Waals surface area contributed by atoms with Gasteiger partial charge in [0.05, 0.1) is 0 Å². The standard InChI is InChI=1S/C11H18N2/c1-12-8-11(9-13-2)10-6-4-3-5-7-10/h3-7,11-13H,8-9H2,1-2H3. The molecule has 72 valence electrons. The van der Waals surface area contributed by atoms with E-state index in [0.29, 0.717) is 5.92 Å². The first-order valence-corrected chi connectivity index (χ1v) is 4.72. The predicted molar refractivity (Wildman–Crippen MR) is 57.0 cm³/mol. The van der Waals surface area contributed by atoms with E-state index in [1.165, 1.54) is 5.56 Å². The fourth-order valence-electron chi connectivity index (χ4n) is 1.53. The van der Waals surface area contributed by atoms with Crippen LogP contribution in [0.25, 0.3) is 0 Å². The van der Waals surface area contributed by atoms with Crippen LogP contribution in [0, 0.1) is 0 Å². The van der Waals surface area contributed by atoms with Gasteiger partial charge in [0.25, 0.3) is 0 Å². The molecule has 0 unspecified atom stereocenters. The number of hydrogen-bond acceptors (Lipinski definition) is 2. The van der Waals surface area contributed by atoms with Crippen LogP contribution in [0.5, 0.6) is 0 Å². The van der Waals surface area contributed by atoms with Gasteiger partial charge in [-0.15, -0.1) is 0 Å². The van der Waals surface area contributed by atoms with Crippen molar-refractivity contribution < 1.29 is 0 Å². The summed E-state index contributed by atoms with van der Waals surface area (Å²) in [6.45, 7) is 2.04. The SMILES string of the molecule is CNCC(CNC)c1ccccc1. The Kier molecular flexibility index (Phi) is 4.50. The lowest BCUT2D eigenvalue weighted by atomic mass is 9.99. The highest BCUT2D eigenvalue weighted by Gasteiger charge is 2.07. The fraction of sp³-hybridized carbons (Fsp3) is 0.455. The van der Waals surface area contributed by atoms with Crippen molar-refractivity contribution in [3.05, 3.63) is 35.9 Å². The number of hydrogen-bond donors (Lipinski definition) is 2. The summed E-state index contributed by atoms with van der Waals surface area (Å²) in [7, 11) is 3.98. The molecule has 0 amide bonds. The molecule has 2 N–H and O–H groups in total. The molecule has 0 atom stereocenters. The Morgan fingerprint density at radius 3 is 2.00 bits per heavy atom. The summed E-state index contributed by atoms with van der Waals surface area (Å²) in [5.74, 6) is 0.566. The van der Waals surface area contributed by atoms with Crippen molar-refractivity contribution in [2.24, 2.45) is 0 Å². The molecule has 0 saturated carbocycles. The average molecular weight is 178 g/mol. The lowest BCUT2D eigenvalue weighted by molar-refractivity contribution is 0.590. The van der Waals surface area contributed by atoms with E-state index in [0.717, 1.165) is 13.1 Å². The number of nitrogens with one attached hydrogen (secondary N) is 2. The summed E-state index contributed by atoms with van der Waals surface area (Å²) in [5.41, 5.74) is 1.39. The minimum Gasteiger partial charge on any atom is -0.319 e. The first-order chi connectivity index (χ1) is 6.38. The highest BCUT2D eigenvalue weighted by atomic mass is 14.9. The molecule has 2 nitrogen and oxygen atoms in total. The van der Waals surface area contributed by atoms with E-state index in [-0.39, 0.29) is 0 Å². The second-order valence-corrected chi connectivity index (χ2v) is 3.22. The summed E-state index contributed by atoms with van der Waals surface area (Å²) in [5, 5.41) is 6.42. The maximum atomic E-state index is 3.21. The third kappa shape index (κ3) is 3.17. The van der Waals surface area contributed by atoms with Crippen LogP contribution in [0.1, 0.15) is 11.5 Å². The second kappa shape index (κ2) is 5.73. The molecule has 0 aromatic heterocycles. The smallest absolute Gasteiger partial charge is 0.00883 e. The first-order valence-electron chi connectivity index (χ1n) is 4.72. The molecule has 13 heavy (non-hydrogen) atoms.